The van der Waals surface area contributed by atoms with Gasteiger partial charge in [-0.05, 0) is 81.9 Å². The highest BCUT2D eigenvalue weighted by molar-refractivity contribution is 7.25. The molecule has 0 amide bonds. The third-order valence-electron chi connectivity index (χ3n) is 10.4. The Morgan fingerprint density at radius 3 is 1.73 bits per heavy atom. The summed E-state index contributed by atoms with van der Waals surface area (Å²) in [5.74, 6) is 0. The summed E-state index contributed by atoms with van der Waals surface area (Å²) in [7, 11) is 0. The summed E-state index contributed by atoms with van der Waals surface area (Å²) >= 11 is 1.86. The number of hydrogen-bond donors (Lipinski definition) is 0. The van der Waals surface area contributed by atoms with Crippen LogP contribution in [0.5, 0.6) is 0 Å². The van der Waals surface area contributed by atoms with Crippen molar-refractivity contribution in [2.45, 2.75) is 0 Å². The van der Waals surface area contributed by atoms with Gasteiger partial charge < -0.3 is 8.98 Å². The highest BCUT2D eigenvalue weighted by Crippen LogP contribution is 2.42. The van der Waals surface area contributed by atoms with Crippen LogP contribution in [0, 0.1) is 0 Å². The molecule has 3 heterocycles. The Morgan fingerprint density at radius 1 is 0.373 bits per heavy atom. The van der Waals surface area contributed by atoms with Crippen LogP contribution in [0.2, 0.25) is 0 Å². The standard InChI is InChI=1S/C48H29NOS/c1-3-10-30(11-4-1)32-18-22-37-38-23-19-33(31-12-5-2-6-13-31)28-43(38)49(42(37)27-32)35-21-24-39-41-26-34(20-25-44(41)50-45(39)29-35)36-15-9-17-47-48(36)40-14-7-8-16-46(40)51-47/h1-29H. The number of hydrogen-bond acceptors (Lipinski definition) is 2. The van der Waals surface area contributed by atoms with Crippen molar-refractivity contribution in [3.05, 3.63) is 176 Å². The van der Waals surface area contributed by atoms with Crippen LogP contribution in [0.3, 0.4) is 0 Å². The van der Waals surface area contributed by atoms with Gasteiger partial charge in [-0.2, -0.15) is 0 Å². The van der Waals surface area contributed by atoms with E-state index in [9.17, 15) is 0 Å². The van der Waals surface area contributed by atoms with E-state index in [1.54, 1.807) is 0 Å². The molecule has 0 aliphatic carbocycles. The van der Waals surface area contributed by atoms with Crippen molar-refractivity contribution in [3.8, 4) is 39.1 Å². The Bertz CT molecular complexity index is 3030. The van der Waals surface area contributed by atoms with Gasteiger partial charge >= 0.3 is 0 Å². The maximum atomic E-state index is 6.62. The summed E-state index contributed by atoms with van der Waals surface area (Å²) in [6, 6.07) is 63.7. The van der Waals surface area contributed by atoms with Crippen LogP contribution in [-0.4, -0.2) is 4.57 Å². The molecule has 2 nitrogen and oxygen atoms in total. The van der Waals surface area contributed by atoms with E-state index in [1.165, 1.54) is 75.4 Å². The molecule has 238 valence electrons. The third-order valence-corrected chi connectivity index (χ3v) is 11.5. The fourth-order valence-electron chi connectivity index (χ4n) is 8.00. The zero-order valence-electron chi connectivity index (χ0n) is 27.5. The molecule has 0 aliphatic rings. The molecule has 11 aromatic rings. The Labute approximate surface area is 298 Å². The maximum absolute atomic E-state index is 6.62. The zero-order valence-corrected chi connectivity index (χ0v) is 28.3. The Hall–Kier alpha value is -6.42. The molecule has 3 heteroatoms. The molecule has 3 aromatic heterocycles. The molecule has 0 radical (unpaired) electrons. The molecule has 11 rings (SSSR count). The van der Waals surface area contributed by atoms with Crippen LogP contribution in [0.25, 0.3) is 103 Å². The van der Waals surface area contributed by atoms with Crippen LogP contribution >= 0.6 is 11.3 Å². The van der Waals surface area contributed by atoms with E-state index in [1.807, 2.05) is 11.3 Å². The molecule has 0 saturated carbocycles. The van der Waals surface area contributed by atoms with E-state index in [0.717, 1.165) is 27.6 Å². The molecule has 0 unspecified atom stereocenters. The molecular formula is C48H29NOS. The number of rotatable bonds is 4. The average molecular weight is 668 g/mol. The van der Waals surface area contributed by atoms with Gasteiger partial charge in [-0.15, -0.1) is 11.3 Å². The Morgan fingerprint density at radius 2 is 1.00 bits per heavy atom. The lowest BCUT2D eigenvalue weighted by atomic mass is 9.98. The van der Waals surface area contributed by atoms with Crippen LogP contribution in [0.4, 0.5) is 0 Å². The SMILES string of the molecule is c1ccc(-c2ccc3c4ccc(-c5ccccc5)cc4n(-c4ccc5c(c4)oc4ccc(-c6cccc7sc8ccccc8c67)cc45)c3c2)cc1. The molecule has 0 N–H and O–H groups in total. The average Bonchev–Trinajstić information content (AvgIpc) is 3.86. The Balaban J connectivity index is 1.12. The predicted octanol–water partition coefficient (Wildman–Crippen LogP) is 14.1. The van der Waals surface area contributed by atoms with Gasteiger partial charge in [0.05, 0.1) is 11.0 Å². The van der Waals surface area contributed by atoms with Gasteiger partial charge in [0.15, 0.2) is 0 Å². The van der Waals surface area contributed by atoms with E-state index < -0.39 is 0 Å². The van der Waals surface area contributed by atoms with E-state index in [0.29, 0.717) is 0 Å². The van der Waals surface area contributed by atoms with Gasteiger partial charge in [0.1, 0.15) is 11.2 Å². The molecule has 0 bridgehead atoms. The van der Waals surface area contributed by atoms with Crippen LogP contribution in [-0.2, 0) is 0 Å². The van der Waals surface area contributed by atoms with Gasteiger partial charge in [-0.1, -0.05) is 121 Å². The first-order valence-electron chi connectivity index (χ1n) is 17.3. The number of nitrogens with zero attached hydrogens (tertiary/aromatic N) is 1. The van der Waals surface area contributed by atoms with E-state index in [2.05, 4.69) is 180 Å². The van der Waals surface area contributed by atoms with Gasteiger partial charge in [-0.3, -0.25) is 0 Å². The molecule has 51 heavy (non-hydrogen) atoms. The zero-order chi connectivity index (χ0) is 33.5. The summed E-state index contributed by atoms with van der Waals surface area (Å²) < 4.78 is 11.7. The lowest BCUT2D eigenvalue weighted by Gasteiger charge is -2.10. The summed E-state index contributed by atoms with van der Waals surface area (Å²) in [5.41, 5.74) is 12.5. The number of aromatic nitrogens is 1. The third kappa shape index (κ3) is 4.42. The second-order valence-corrected chi connectivity index (χ2v) is 14.4. The van der Waals surface area contributed by atoms with E-state index >= 15 is 0 Å². The van der Waals surface area contributed by atoms with Crippen LogP contribution < -0.4 is 0 Å². The first-order valence-corrected chi connectivity index (χ1v) is 18.1. The van der Waals surface area contributed by atoms with E-state index in [4.69, 9.17) is 4.42 Å². The normalized spacial score (nSPS) is 11.9. The van der Waals surface area contributed by atoms with Crippen molar-refractivity contribution in [2.75, 3.05) is 0 Å². The quantitative estimate of drug-likeness (QED) is 0.183. The first-order chi connectivity index (χ1) is 25.3. The monoisotopic (exact) mass is 667 g/mol. The van der Waals surface area contributed by atoms with Gasteiger partial charge in [0.25, 0.3) is 0 Å². The number of benzene rings is 8. The lowest BCUT2D eigenvalue weighted by Crippen LogP contribution is -1.94. The molecular weight excluding hydrogens is 639 g/mol. The number of furan rings is 1. The van der Waals surface area contributed by atoms with Crippen LogP contribution in [0.15, 0.2) is 180 Å². The summed E-state index contributed by atoms with van der Waals surface area (Å²) in [4.78, 5) is 0. The van der Waals surface area contributed by atoms with Crippen molar-refractivity contribution >= 4 is 75.3 Å². The number of thiophene rings is 1. The van der Waals surface area contributed by atoms with Gasteiger partial charge in [-0.25, -0.2) is 0 Å². The largest absolute Gasteiger partial charge is 0.456 e. The lowest BCUT2D eigenvalue weighted by molar-refractivity contribution is 0.668. The van der Waals surface area contributed by atoms with Gasteiger partial charge in [0.2, 0.25) is 0 Å². The summed E-state index contributed by atoms with van der Waals surface area (Å²) in [5, 5.41) is 7.34. The van der Waals surface area contributed by atoms with Gasteiger partial charge in [0, 0.05) is 53.5 Å². The van der Waals surface area contributed by atoms with Crippen LogP contribution in [0.1, 0.15) is 0 Å². The Kier molecular flexibility index (Phi) is 6.16. The topological polar surface area (TPSA) is 18.1 Å². The minimum Gasteiger partial charge on any atom is -0.456 e. The first kappa shape index (κ1) is 28.4. The maximum Gasteiger partial charge on any atom is 0.137 e. The summed E-state index contributed by atoms with van der Waals surface area (Å²) in [6.07, 6.45) is 0. The van der Waals surface area contributed by atoms with Crippen molar-refractivity contribution in [1.82, 2.24) is 4.57 Å². The van der Waals surface area contributed by atoms with Crippen molar-refractivity contribution in [1.29, 1.82) is 0 Å². The van der Waals surface area contributed by atoms with Crippen molar-refractivity contribution in [3.63, 3.8) is 0 Å². The predicted molar refractivity (Wildman–Crippen MR) is 217 cm³/mol. The fraction of sp³-hybridized carbons (Fsp3) is 0. The molecule has 0 aliphatic heterocycles. The van der Waals surface area contributed by atoms with E-state index in [-0.39, 0.29) is 0 Å². The highest BCUT2D eigenvalue weighted by atomic mass is 32.1. The fourth-order valence-corrected chi connectivity index (χ4v) is 9.14. The second-order valence-electron chi connectivity index (χ2n) is 13.3. The highest BCUT2D eigenvalue weighted by Gasteiger charge is 2.18. The summed E-state index contributed by atoms with van der Waals surface area (Å²) in [6.45, 7) is 0. The molecule has 8 aromatic carbocycles. The van der Waals surface area contributed by atoms with Crippen molar-refractivity contribution in [2.24, 2.45) is 0 Å². The smallest absolute Gasteiger partial charge is 0.137 e. The minimum absolute atomic E-state index is 0.882. The molecule has 0 spiro atoms. The second kappa shape index (κ2) is 11.0. The van der Waals surface area contributed by atoms with Crippen molar-refractivity contribution < 1.29 is 4.42 Å². The molecule has 0 atom stereocenters. The molecule has 0 fully saturated rings. The number of fused-ring (bicyclic) bond motifs is 9. The minimum atomic E-state index is 0.882. The molecule has 0 saturated heterocycles.